The second kappa shape index (κ2) is 14.1. The number of imidazole rings is 1. The Morgan fingerprint density at radius 2 is 1.45 bits per heavy atom. The van der Waals surface area contributed by atoms with E-state index in [1.165, 1.54) is 35.5 Å². The van der Waals surface area contributed by atoms with E-state index in [9.17, 15) is 26.4 Å². The van der Waals surface area contributed by atoms with Crippen LogP contribution in [-0.2, 0) is 36.2 Å². The number of amides is 2. The SMILES string of the molecule is Cc1ccc(S(=O)(=O)O)cc1.Cc1ccc(S(=O)(=O)O)cc1.NC(=O)[C@@H]1CCCN1C(=O)[C@@H](N)Cc1c[nH]cn1. The van der Waals surface area contributed by atoms with E-state index in [0.717, 1.165) is 23.2 Å². The summed E-state index contributed by atoms with van der Waals surface area (Å²) < 4.78 is 59.1. The fourth-order valence-corrected chi connectivity index (χ4v) is 4.63. The number of rotatable bonds is 6. The first-order valence-electron chi connectivity index (χ1n) is 12.0. The Kier molecular flexibility index (Phi) is 11.5. The van der Waals surface area contributed by atoms with E-state index in [2.05, 4.69) is 9.97 Å². The molecule has 2 amide bonds. The Balaban J connectivity index is 0.000000222. The van der Waals surface area contributed by atoms with E-state index < -0.39 is 38.2 Å². The minimum absolute atomic E-state index is 0.0666. The molecule has 2 aromatic carbocycles. The lowest BCUT2D eigenvalue weighted by Crippen LogP contribution is -2.50. The van der Waals surface area contributed by atoms with Crippen molar-refractivity contribution in [2.45, 2.75) is 55.0 Å². The van der Waals surface area contributed by atoms with Crippen LogP contribution in [0.4, 0.5) is 0 Å². The van der Waals surface area contributed by atoms with Gasteiger partial charge in [-0.05, 0) is 51.0 Å². The zero-order chi connectivity index (χ0) is 30.1. The molecular formula is C25H33N5O8S2. The predicted octanol–water partition coefficient (Wildman–Crippen LogP) is 1.24. The van der Waals surface area contributed by atoms with Crippen molar-refractivity contribution in [3.05, 3.63) is 77.9 Å². The van der Waals surface area contributed by atoms with E-state index >= 15 is 0 Å². The van der Waals surface area contributed by atoms with Crippen molar-refractivity contribution < 1.29 is 35.5 Å². The predicted molar refractivity (Wildman–Crippen MR) is 146 cm³/mol. The van der Waals surface area contributed by atoms with Gasteiger partial charge in [-0.15, -0.1) is 0 Å². The second-order valence-corrected chi connectivity index (χ2v) is 11.9. The molecule has 1 fully saturated rings. The minimum Gasteiger partial charge on any atom is -0.368 e. The third kappa shape index (κ3) is 10.2. The van der Waals surface area contributed by atoms with Crippen LogP contribution in [-0.4, -0.2) is 71.3 Å². The maximum atomic E-state index is 12.1. The van der Waals surface area contributed by atoms with Crippen molar-refractivity contribution in [1.82, 2.24) is 14.9 Å². The fourth-order valence-electron chi connectivity index (χ4n) is 3.67. The van der Waals surface area contributed by atoms with Gasteiger partial charge < -0.3 is 21.4 Å². The number of carbonyl (C=O) groups is 2. The second-order valence-electron chi connectivity index (χ2n) is 9.04. The number of benzene rings is 2. The summed E-state index contributed by atoms with van der Waals surface area (Å²) in [6, 6.07) is 10.8. The van der Waals surface area contributed by atoms with Gasteiger partial charge in [-0.3, -0.25) is 18.7 Å². The fraction of sp³-hybridized carbons (Fsp3) is 0.320. The van der Waals surface area contributed by atoms with Gasteiger partial charge in [-0.2, -0.15) is 16.8 Å². The summed E-state index contributed by atoms with van der Waals surface area (Å²) >= 11 is 0. The number of H-pyrrole nitrogens is 1. The number of hydrogen-bond donors (Lipinski definition) is 5. The van der Waals surface area contributed by atoms with Crippen LogP contribution < -0.4 is 11.5 Å². The lowest BCUT2D eigenvalue weighted by atomic mass is 10.1. The Labute approximate surface area is 233 Å². The van der Waals surface area contributed by atoms with Gasteiger partial charge >= 0.3 is 0 Å². The van der Waals surface area contributed by atoms with Crippen LogP contribution in [0, 0.1) is 13.8 Å². The molecule has 15 heteroatoms. The highest BCUT2D eigenvalue weighted by Gasteiger charge is 2.35. The lowest BCUT2D eigenvalue weighted by Gasteiger charge is -2.25. The molecule has 1 aromatic heterocycles. The van der Waals surface area contributed by atoms with E-state index in [1.807, 2.05) is 13.8 Å². The highest BCUT2D eigenvalue weighted by molar-refractivity contribution is 7.86. The third-order valence-corrected chi connectivity index (χ3v) is 7.54. The third-order valence-electron chi connectivity index (χ3n) is 5.80. The molecule has 218 valence electrons. The molecule has 2 atom stereocenters. The summed E-state index contributed by atoms with van der Waals surface area (Å²) in [6.45, 7) is 4.22. The number of likely N-dealkylation sites (tertiary alicyclic amines) is 1. The van der Waals surface area contributed by atoms with Crippen LogP contribution in [0.3, 0.4) is 0 Å². The summed E-state index contributed by atoms with van der Waals surface area (Å²) in [6.07, 6.45) is 4.99. The van der Waals surface area contributed by atoms with Crippen molar-refractivity contribution in [2.24, 2.45) is 11.5 Å². The molecule has 7 N–H and O–H groups in total. The average Bonchev–Trinajstić information content (AvgIpc) is 3.56. The first kappa shape index (κ1) is 32.6. The van der Waals surface area contributed by atoms with Crippen molar-refractivity contribution in [1.29, 1.82) is 0 Å². The van der Waals surface area contributed by atoms with Crippen LogP contribution in [0.2, 0.25) is 0 Å². The average molecular weight is 596 g/mol. The number of primary amides is 1. The molecule has 0 radical (unpaired) electrons. The van der Waals surface area contributed by atoms with Crippen LogP contribution in [0.5, 0.6) is 0 Å². The molecule has 2 heterocycles. The first-order chi connectivity index (χ1) is 18.6. The van der Waals surface area contributed by atoms with Gasteiger partial charge in [0.1, 0.15) is 6.04 Å². The van der Waals surface area contributed by atoms with Crippen molar-refractivity contribution in [2.75, 3.05) is 6.54 Å². The zero-order valence-electron chi connectivity index (χ0n) is 22.0. The standard InChI is InChI=1S/C11H17N5O2.2C7H8O3S/c12-8(4-7-5-14-6-15-7)11(18)16-3-1-2-9(16)10(13)17;2*1-6-2-4-7(5-3-6)11(8,9)10/h5-6,8-9H,1-4,12H2,(H2,13,17)(H,14,15);2*2-5H,1H3,(H,8,9,10)/t8-,9-;;/m0../s1. The minimum atomic E-state index is -4.02. The number of nitrogens with zero attached hydrogens (tertiary/aromatic N) is 2. The molecule has 3 aromatic rings. The molecule has 0 bridgehead atoms. The molecule has 0 saturated carbocycles. The monoisotopic (exact) mass is 595 g/mol. The molecule has 1 aliphatic heterocycles. The number of aromatic nitrogens is 2. The quantitative estimate of drug-likeness (QED) is 0.256. The number of aromatic amines is 1. The van der Waals surface area contributed by atoms with Crippen LogP contribution in [0.25, 0.3) is 0 Å². The van der Waals surface area contributed by atoms with Gasteiger partial charge in [0.05, 0.1) is 27.9 Å². The largest absolute Gasteiger partial charge is 0.368 e. The maximum Gasteiger partial charge on any atom is 0.294 e. The van der Waals surface area contributed by atoms with Crippen LogP contribution in [0.1, 0.15) is 29.7 Å². The van der Waals surface area contributed by atoms with Gasteiger partial charge in [0.25, 0.3) is 20.2 Å². The molecule has 40 heavy (non-hydrogen) atoms. The molecule has 4 rings (SSSR count). The van der Waals surface area contributed by atoms with Gasteiger partial charge in [-0.1, -0.05) is 35.4 Å². The Hall–Kier alpha value is -3.63. The Morgan fingerprint density at radius 3 is 1.82 bits per heavy atom. The maximum absolute atomic E-state index is 12.1. The van der Waals surface area contributed by atoms with E-state index in [1.54, 1.807) is 30.5 Å². The Morgan fingerprint density at radius 1 is 0.975 bits per heavy atom. The molecule has 0 aliphatic carbocycles. The molecule has 0 unspecified atom stereocenters. The van der Waals surface area contributed by atoms with Gasteiger partial charge in [0.2, 0.25) is 11.8 Å². The summed E-state index contributed by atoms with van der Waals surface area (Å²) in [5.74, 6) is -0.702. The zero-order valence-corrected chi connectivity index (χ0v) is 23.6. The van der Waals surface area contributed by atoms with Gasteiger partial charge in [0.15, 0.2) is 0 Å². The van der Waals surface area contributed by atoms with Crippen LogP contribution in [0.15, 0.2) is 70.8 Å². The highest BCUT2D eigenvalue weighted by Crippen LogP contribution is 2.18. The number of carbonyl (C=O) groups excluding carboxylic acids is 2. The number of nitrogens with one attached hydrogen (secondary N) is 1. The Bertz CT molecular complexity index is 1400. The lowest BCUT2D eigenvalue weighted by molar-refractivity contribution is -0.138. The van der Waals surface area contributed by atoms with Gasteiger partial charge in [0, 0.05) is 19.2 Å². The summed E-state index contributed by atoms with van der Waals surface area (Å²) in [5.41, 5.74) is 13.8. The first-order valence-corrected chi connectivity index (χ1v) is 14.9. The van der Waals surface area contributed by atoms with E-state index in [-0.39, 0.29) is 15.7 Å². The normalized spacial score (nSPS) is 15.7. The van der Waals surface area contributed by atoms with Gasteiger partial charge in [-0.25, -0.2) is 4.98 Å². The van der Waals surface area contributed by atoms with E-state index in [4.69, 9.17) is 20.6 Å². The van der Waals surface area contributed by atoms with Crippen molar-refractivity contribution in [3.63, 3.8) is 0 Å². The topological polar surface area (TPSA) is 227 Å². The summed E-state index contributed by atoms with van der Waals surface area (Å²) in [4.78, 5) is 31.5. The molecule has 13 nitrogen and oxygen atoms in total. The molecule has 1 saturated heterocycles. The number of nitrogens with two attached hydrogens (primary N) is 2. The van der Waals surface area contributed by atoms with Crippen molar-refractivity contribution in [3.8, 4) is 0 Å². The smallest absolute Gasteiger partial charge is 0.294 e. The molecule has 0 spiro atoms. The highest BCUT2D eigenvalue weighted by atomic mass is 32.2. The van der Waals surface area contributed by atoms with E-state index in [0.29, 0.717) is 19.4 Å². The number of hydrogen-bond acceptors (Lipinski definition) is 8. The summed E-state index contributed by atoms with van der Waals surface area (Å²) in [7, 11) is -8.04. The van der Waals surface area contributed by atoms with Crippen LogP contribution >= 0.6 is 0 Å². The molecule has 1 aliphatic rings. The summed E-state index contributed by atoms with van der Waals surface area (Å²) in [5, 5.41) is 0. The molecular weight excluding hydrogens is 562 g/mol. The van der Waals surface area contributed by atoms with Crippen molar-refractivity contribution >= 4 is 32.1 Å². The number of aryl methyl sites for hydroxylation is 2.